The minimum atomic E-state index is 0.00486. The Bertz CT molecular complexity index is 648. The Morgan fingerprint density at radius 1 is 1.43 bits per heavy atom. The number of nitrogens with zero attached hydrogens (tertiary/aromatic N) is 1. The third kappa shape index (κ3) is 2.91. The molecule has 1 aliphatic heterocycles. The average Bonchev–Trinajstić information content (AvgIpc) is 2.92. The van der Waals surface area contributed by atoms with Crippen LogP contribution < -0.4 is 10.1 Å². The minimum Gasteiger partial charge on any atom is -0.493 e. The number of hydrogen-bond acceptors (Lipinski definition) is 3. The first-order valence-corrected chi connectivity index (χ1v) is 7.19. The molecule has 5 nitrogen and oxygen atoms in total. The number of amides is 1. The van der Waals surface area contributed by atoms with Crippen LogP contribution in [0, 0.1) is 5.92 Å². The lowest BCUT2D eigenvalue weighted by molar-refractivity contribution is -0.116. The van der Waals surface area contributed by atoms with Gasteiger partial charge in [-0.3, -0.25) is 9.89 Å². The van der Waals surface area contributed by atoms with Gasteiger partial charge in [0.05, 0.1) is 12.8 Å². The zero-order valence-electron chi connectivity index (χ0n) is 12.2. The highest BCUT2D eigenvalue weighted by Crippen LogP contribution is 2.36. The van der Waals surface area contributed by atoms with Crippen molar-refractivity contribution in [1.82, 2.24) is 10.2 Å². The largest absolute Gasteiger partial charge is 0.493 e. The van der Waals surface area contributed by atoms with E-state index in [9.17, 15) is 4.79 Å². The van der Waals surface area contributed by atoms with Crippen molar-refractivity contribution in [2.75, 3.05) is 11.9 Å². The van der Waals surface area contributed by atoms with E-state index >= 15 is 0 Å². The van der Waals surface area contributed by atoms with Crippen LogP contribution in [0.3, 0.4) is 0 Å². The Kier molecular flexibility index (Phi) is 3.64. The zero-order valence-corrected chi connectivity index (χ0v) is 12.2. The van der Waals surface area contributed by atoms with Crippen molar-refractivity contribution >= 4 is 11.7 Å². The molecule has 0 aliphatic carbocycles. The van der Waals surface area contributed by atoms with Gasteiger partial charge in [0, 0.05) is 17.9 Å². The molecule has 1 aromatic carbocycles. The number of hydrogen-bond donors (Lipinski definition) is 2. The number of fused-ring (bicyclic) bond motifs is 1. The second-order valence-corrected chi connectivity index (χ2v) is 5.78. The standard InChI is InChI=1S/C16H19N3O2/c1-10(2)9-21-12-5-3-4-11(6-12)13-7-15(20)18-16-14(13)8-17-19-16/h3-6,8,10,13H,7,9H2,1-2H3,(H2,17,18,19,20)/t13-/m1/s1. The first kappa shape index (κ1) is 13.7. The van der Waals surface area contributed by atoms with Gasteiger partial charge in [0.15, 0.2) is 0 Å². The molecular weight excluding hydrogens is 266 g/mol. The van der Waals surface area contributed by atoms with Crippen LogP contribution in [0.5, 0.6) is 5.75 Å². The summed E-state index contributed by atoms with van der Waals surface area (Å²) in [5, 5.41) is 9.66. The number of carbonyl (C=O) groups is 1. The summed E-state index contributed by atoms with van der Waals surface area (Å²) in [6.07, 6.45) is 2.21. The van der Waals surface area contributed by atoms with Crippen molar-refractivity contribution in [2.24, 2.45) is 5.92 Å². The lowest BCUT2D eigenvalue weighted by Crippen LogP contribution is -2.23. The average molecular weight is 285 g/mol. The number of H-pyrrole nitrogens is 1. The van der Waals surface area contributed by atoms with Crippen molar-refractivity contribution in [1.29, 1.82) is 0 Å². The molecule has 1 amide bonds. The van der Waals surface area contributed by atoms with Crippen LogP contribution in [0.1, 0.15) is 37.3 Å². The number of anilines is 1. The van der Waals surface area contributed by atoms with Crippen LogP contribution >= 0.6 is 0 Å². The lowest BCUT2D eigenvalue weighted by Gasteiger charge is -2.22. The van der Waals surface area contributed by atoms with Crippen molar-refractivity contribution < 1.29 is 9.53 Å². The van der Waals surface area contributed by atoms with Crippen LogP contribution in [0.2, 0.25) is 0 Å². The first-order chi connectivity index (χ1) is 10.1. The molecule has 1 aliphatic rings. The maximum absolute atomic E-state index is 11.8. The first-order valence-electron chi connectivity index (χ1n) is 7.19. The highest BCUT2D eigenvalue weighted by molar-refractivity contribution is 5.94. The summed E-state index contributed by atoms with van der Waals surface area (Å²) < 4.78 is 5.77. The SMILES string of the molecule is CC(C)COc1cccc([C@H]2CC(=O)Nc3[nH]ncc32)c1. The van der Waals surface area contributed by atoms with E-state index in [2.05, 4.69) is 29.4 Å². The van der Waals surface area contributed by atoms with Crippen LogP contribution in [0.15, 0.2) is 30.5 Å². The predicted molar refractivity (Wildman–Crippen MR) is 80.5 cm³/mol. The van der Waals surface area contributed by atoms with Gasteiger partial charge in [-0.15, -0.1) is 0 Å². The van der Waals surface area contributed by atoms with E-state index in [0.717, 1.165) is 16.9 Å². The molecule has 21 heavy (non-hydrogen) atoms. The molecule has 1 atom stereocenters. The molecule has 5 heteroatoms. The molecule has 0 unspecified atom stereocenters. The molecule has 2 heterocycles. The van der Waals surface area contributed by atoms with Crippen LogP contribution in [0.4, 0.5) is 5.82 Å². The Balaban J connectivity index is 1.87. The number of rotatable bonds is 4. The Morgan fingerprint density at radius 2 is 2.29 bits per heavy atom. The van der Waals surface area contributed by atoms with E-state index in [4.69, 9.17) is 4.74 Å². The summed E-state index contributed by atoms with van der Waals surface area (Å²) in [5.74, 6) is 2.05. The van der Waals surface area contributed by atoms with Gasteiger partial charge in [0.1, 0.15) is 11.6 Å². The van der Waals surface area contributed by atoms with Gasteiger partial charge in [0.25, 0.3) is 0 Å². The summed E-state index contributed by atoms with van der Waals surface area (Å²) in [6, 6.07) is 7.97. The number of aromatic nitrogens is 2. The van der Waals surface area contributed by atoms with E-state index in [1.165, 1.54) is 0 Å². The predicted octanol–water partition coefficient (Wildman–Crippen LogP) is 2.92. The smallest absolute Gasteiger partial charge is 0.226 e. The molecule has 2 aromatic rings. The summed E-state index contributed by atoms with van der Waals surface area (Å²) in [5.41, 5.74) is 2.10. The quantitative estimate of drug-likeness (QED) is 0.907. The van der Waals surface area contributed by atoms with Gasteiger partial charge in [-0.25, -0.2) is 0 Å². The highest BCUT2D eigenvalue weighted by Gasteiger charge is 2.28. The van der Waals surface area contributed by atoms with E-state index in [1.807, 2.05) is 24.3 Å². The summed E-state index contributed by atoms with van der Waals surface area (Å²) in [6.45, 7) is 4.92. The van der Waals surface area contributed by atoms with E-state index in [-0.39, 0.29) is 11.8 Å². The normalized spacial score (nSPS) is 17.5. The molecule has 2 N–H and O–H groups in total. The third-order valence-electron chi connectivity index (χ3n) is 3.54. The maximum Gasteiger partial charge on any atom is 0.226 e. The number of nitrogens with one attached hydrogen (secondary N) is 2. The summed E-state index contributed by atoms with van der Waals surface area (Å²) in [7, 11) is 0. The van der Waals surface area contributed by atoms with Crippen molar-refractivity contribution in [3.63, 3.8) is 0 Å². The Morgan fingerprint density at radius 3 is 3.10 bits per heavy atom. The molecule has 1 aromatic heterocycles. The molecule has 0 saturated carbocycles. The monoisotopic (exact) mass is 285 g/mol. The fraction of sp³-hybridized carbons (Fsp3) is 0.375. The Hall–Kier alpha value is -2.30. The Labute approximate surface area is 123 Å². The molecule has 0 fully saturated rings. The summed E-state index contributed by atoms with van der Waals surface area (Å²) in [4.78, 5) is 11.8. The van der Waals surface area contributed by atoms with Crippen molar-refractivity contribution in [3.8, 4) is 5.75 Å². The molecular formula is C16H19N3O2. The molecule has 0 saturated heterocycles. The fourth-order valence-electron chi connectivity index (χ4n) is 2.53. The van der Waals surface area contributed by atoms with Gasteiger partial charge < -0.3 is 10.1 Å². The van der Waals surface area contributed by atoms with E-state index in [0.29, 0.717) is 24.8 Å². The third-order valence-corrected chi connectivity index (χ3v) is 3.54. The molecule has 0 radical (unpaired) electrons. The molecule has 110 valence electrons. The summed E-state index contributed by atoms with van der Waals surface area (Å²) >= 11 is 0. The number of benzene rings is 1. The highest BCUT2D eigenvalue weighted by atomic mass is 16.5. The van der Waals surface area contributed by atoms with Gasteiger partial charge in [0.2, 0.25) is 5.91 Å². The van der Waals surface area contributed by atoms with Crippen LogP contribution in [-0.2, 0) is 4.79 Å². The van der Waals surface area contributed by atoms with Gasteiger partial charge in [-0.05, 0) is 23.6 Å². The molecule has 0 bridgehead atoms. The second kappa shape index (κ2) is 5.60. The zero-order chi connectivity index (χ0) is 14.8. The molecule has 3 rings (SSSR count). The van der Waals surface area contributed by atoms with Gasteiger partial charge in [-0.2, -0.15) is 5.10 Å². The van der Waals surface area contributed by atoms with Gasteiger partial charge in [-0.1, -0.05) is 26.0 Å². The lowest BCUT2D eigenvalue weighted by atomic mass is 9.87. The van der Waals surface area contributed by atoms with Crippen LogP contribution in [0.25, 0.3) is 0 Å². The van der Waals surface area contributed by atoms with Crippen LogP contribution in [-0.4, -0.2) is 22.7 Å². The number of carbonyl (C=O) groups excluding carboxylic acids is 1. The maximum atomic E-state index is 11.8. The number of ether oxygens (including phenoxy) is 1. The minimum absolute atomic E-state index is 0.00486. The fourth-order valence-corrected chi connectivity index (χ4v) is 2.53. The van der Waals surface area contributed by atoms with Crippen molar-refractivity contribution in [3.05, 3.63) is 41.6 Å². The van der Waals surface area contributed by atoms with E-state index in [1.54, 1.807) is 6.20 Å². The van der Waals surface area contributed by atoms with Gasteiger partial charge >= 0.3 is 0 Å². The topological polar surface area (TPSA) is 67.0 Å². The second-order valence-electron chi connectivity index (χ2n) is 5.78. The molecule has 0 spiro atoms. The van der Waals surface area contributed by atoms with E-state index < -0.39 is 0 Å². The van der Waals surface area contributed by atoms with Crippen molar-refractivity contribution in [2.45, 2.75) is 26.2 Å². The number of aromatic amines is 1.